The summed E-state index contributed by atoms with van der Waals surface area (Å²) in [6, 6.07) is 0. The maximum Gasteiger partial charge on any atom is 0.328 e. The molecule has 166 valence electrons. The zero-order valence-corrected chi connectivity index (χ0v) is 18.0. The quantitative estimate of drug-likeness (QED) is 0.416. The van der Waals surface area contributed by atoms with E-state index in [4.69, 9.17) is 19.7 Å². The van der Waals surface area contributed by atoms with Gasteiger partial charge in [-0.05, 0) is 6.42 Å². The van der Waals surface area contributed by atoms with Gasteiger partial charge < -0.3 is 29.9 Å². The third-order valence-corrected chi connectivity index (χ3v) is 8.33. The molecular weight excluding hydrogens is 440 g/mol. The van der Waals surface area contributed by atoms with Crippen molar-refractivity contribution in [3.05, 3.63) is 12.7 Å². The molecule has 1 aliphatic heterocycles. The highest BCUT2D eigenvalue weighted by Gasteiger charge is 2.62. The molecule has 15 heteroatoms. The summed E-state index contributed by atoms with van der Waals surface area (Å²) in [6.45, 7) is 1.50. The molecule has 3 heterocycles. The van der Waals surface area contributed by atoms with E-state index in [-0.39, 0.29) is 18.4 Å². The Morgan fingerprint density at radius 1 is 1.27 bits per heavy atom. The lowest BCUT2D eigenvalue weighted by Gasteiger charge is -2.25. The van der Waals surface area contributed by atoms with E-state index in [1.165, 1.54) is 26.7 Å². The minimum Gasteiger partial charge on any atom is -0.382 e. The Balaban J connectivity index is 1.72. The lowest BCUT2D eigenvalue weighted by molar-refractivity contribution is -0.0525. The number of ether oxygens (including phenoxy) is 2. The molecule has 7 atom stereocenters. The van der Waals surface area contributed by atoms with Gasteiger partial charge in [-0.1, -0.05) is 6.92 Å². The summed E-state index contributed by atoms with van der Waals surface area (Å²) >= 11 is 0. The number of hydrogen-bond acceptors (Lipinski definition) is 9. The lowest BCUT2D eigenvalue weighted by atomic mass is 10.1. The molecule has 2 aromatic rings. The first kappa shape index (κ1) is 21.8. The molecule has 2 fully saturated rings. The number of nitrogens with zero attached hydrogens (tertiary/aromatic N) is 4. The normalized spacial score (nSPS) is 33.6. The summed E-state index contributed by atoms with van der Waals surface area (Å²) in [4.78, 5) is 41.4. The Morgan fingerprint density at radius 3 is 2.60 bits per heavy atom. The van der Waals surface area contributed by atoms with E-state index in [0.29, 0.717) is 11.2 Å². The highest BCUT2D eigenvalue weighted by molar-refractivity contribution is 7.53. The molecule has 30 heavy (non-hydrogen) atoms. The molecule has 0 amide bonds. The van der Waals surface area contributed by atoms with Crippen molar-refractivity contribution in [1.29, 1.82) is 0 Å². The van der Waals surface area contributed by atoms with Crippen LogP contribution in [0, 0.1) is 5.92 Å². The van der Waals surface area contributed by atoms with Crippen LogP contribution < -0.4 is 5.73 Å². The van der Waals surface area contributed by atoms with Crippen molar-refractivity contribution < 1.29 is 37.8 Å². The van der Waals surface area contributed by atoms with E-state index in [1.54, 1.807) is 4.57 Å². The maximum atomic E-state index is 12.3. The summed E-state index contributed by atoms with van der Waals surface area (Å²) < 4.78 is 42.7. The van der Waals surface area contributed by atoms with Crippen LogP contribution in [0.3, 0.4) is 0 Å². The van der Waals surface area contributed by atoms with Gasteiger partial charge in [0.15, 0.2) is 17.7 Å². The van der Waals surface area contributed by atoms with E-state index < -0.39 is 51.3 Å². The van der Waals surface area contributed by atoms with Gasteiger partial charge in [0.1, 0.15) is 24.1 Å². The number of anilines is 1. The van der Waals surface area contributed by atoms with Gasteiger partial charge in [0.2, 0.25) is 0 Å². The van der Waals surface area contributed by atoms with Crippen molar-refractivity contribution in [2.24, 2.45) is 5.92 Å². The predicted octanol–water partition coefficient (Wildman–Crippen LogP) is 0.478. The second-order valence-corrected chi connectivity index (χ2v) is 11.3. The summed E-state index contributed by atoms with van der Waals surface area (Å²) in [7, 11) is -6.91. The van der Waals surface area contributed by atoms with Gasteiger partial charge in [-0.15, -0.1) is 0 Å². The van der Waals surface area contributed by atoms with Crippen molar-refractivity contribution in [3.8, 4) is 0 Å². The molecule has 1 saturated carbocycles. The minimum absolute atomic E-state index is 0.137. The van der Waals surface area contributed by atoms with Crippen LogP contribution in [-0.2, 0) is 23.1 Å². The van der Waals surface area contributed by atoms with Crippen LogP contribution in [0.4, 0.5) is 5.82 Å². The van der Waals surface area contributed by atoms with Crippen LogP contribution >= 0.6 is 15.2 Å². The predicted molar refractivity (Wildman–Crippen MR) is 104 cm³/mol. The standard InChI is InChI=1S/C15H23N5O8P2/c1-3-29(21,22)28-11-10(7-4-8(7)30(23,24)25)27-15(12(11)26-2)20-6-19-9-13(16)17-5-18-14(9)20/h5-8,10-12,15H,3-4H2,1-2H3,(H,21,22)(H2,16,17,18)(H2,23,24,25)/t7?,8?,10-,11+,12+,15-/m1/s1. The number of aromatic nitrogens is 4. The lowest BCUT2D eigenvalue weighted by Crippen LogP contribution is -2.36. The van der Waals surface area contributed by atoms with Crippen molar-refractivity contribution in [2.75, 3.05) is 19.0 Å². The zero-order chi connectivity index (χ0) is 21.8. The number of rotatable bonds is 7. The zero-order valence-electron chi connectivity index (χ0n) is 16.2. The van der Waals surface area contributed by atoms with E-state index >= 15 is 0 Å². The van der Waals surface area contributed by atoms with Gasteiger partial charge in [0.25, 0.3) is 0 Å². The summed E-state index contributed by atoms with van der Waals surface area (Å²) in [5.74, 6) is -0.380. The first-order valence-corrected chi connectivity index (χ1v) is 12.7. The van der Waals surface area contributed by atoms with Crippen LogP contribution in [0.25, 0.3) is 11.2 Å². The summed E-state index contributed by atoms with van der Waals surface area (Å²) in [5, 5.41) is 0. The largest absolute Gasteiger partial charge is 0.382 e. The monoisotopic (exact) mass is 463 g/mol. The van der Waals surface area contributed by atoms with Gasteiger partial charge in [-0.3, -0.25) is 18.2 Å². The molecule has 0 aromatic carbocycles. The average molecular weight is 463 g/mol. The molecule has 4 rings (SSSR count). The Morgan fingerprint density at radius 2 is 2.00 bits per heavy atom. The third kappa shape index (κ3) is 3.80. The van der Waals surface area contributed by atoms with Crippen LogP contribution in [0.1, 0.15) is 19.6 Å². The molecule has 2 aliphatic rings. The first-order valence-electron chi connectivity index (χ1n) is 9.24. The Bertz CT molecular complexity index is 1040. The minimum atomic E-state index is -4.34. The smallest absolute Gasteiger partial charge is 0.328 e. The highest BCUT2D eigenvalue weighted by atomic mass is 31.2. The number of hydrogen-bond donors (Lipinski definition) is 4. The van der Waals surface area contributed by atoms with Gasteiger partial charge in [0.05, 0.1) is 18.1 Å². The van der Waals surface area contributed by atoms with Crippen molar-refractivity contribution in [2.45, 2.75) is 43.5 Å². The molecule has 0 bridgehead atoms. The highest BCUT2D eigenvalue weighted by Crippen LogP contribution is 2.62. The van der Waals surface area contributed by atoms with Crippen LogP contribution in [-0.4, -0.2) is 71.4 Å². The van der Waals surface area contributed by atoms with Gasteiger partial charge >= 0.3 is 15.2 Å². The van der Waals surface area contributed by atoms with E-state index in [0.717, 1.165) is 0 Å². The number of fused-ring (bicyclic) bond motifs is 1. The Labute approximate surface area is 171 Å². The van der Waals surface area contributed by atoms with Crippen molar-refractivity contribution in [3.63, 3.8) is 0 Å². The first-order chi connectivity index (χ1) is 14.1. The molecular formula is C15H23N5O8P2. The molecule has 5 N–H and O–H groups in total. The van der Waals surface area contributed by atoms with Gasteiger partial charge in [-0.2, -0.15) is 0 Å². The van der Waals surface area contributed by atoms with Crippen LogP contribution in [0.5, 0.6) is 0 Å². The molecule has 13 nitrogen and oxygen atoms in total. The fraction of sp³-hybridized carbons (Fsp3) is 0.667. The third-order valence-electron chi connectivity index (χ3n) is 5.50. The van der Waals surface area contributed by atoms with E-state index in [9.17, 15) is 23.8 Å². The number of methoxy groups -OCH3 is 1. The molecule has 2 aromatic heterocycles. The fourth-order valence-corrected chi connectivity index (χ4v) is 5.82. The topological polar surface area (TPSA) is 192 Å². The SMILES string of the molecule is CCP(=O)(O)O[C@@H]1[C@H](OC)[C@H](n2cnc3c(N)ncnc32)O[C@@H]1C1CC1P(=O)(O)O. The fourth-order valence-electron chi connectivity index (χ4n) is 3.87. The number of nitrogens with two attached hydrogens (primary N) is 1. The molecule has 1 aliphatic carbocycles. The van der Waals surface area contributed by atoms with Crippen LogP contribution in [0.2, 0.25) is 0 Å². The Kier molecular flexibility index (Phi) is 5.53. The molecule has 0 spiro atoms. The average Bonchev–Trinajstić information content (AvgIpc) is 3.25. The summed E-state index contributed by atoms with van der Waals surface area (Å²) in [6.07, 6.45) is -0.885. The van der Waals surface area contributed by atoms with Crippen molar-refractivity contribution in [1.82, 2.24) is 19.5 Å². The van der Waals surface area contributed by atoms with Crippen molar-refractivity contribution >= 4 is 32.2 Å². The maximum absolute atomic E-state index is 12.3. The Hall–Kier alpha value is -1.43. The summed E-state index contributed by atoms with van der Waals surface area (Å²) in [5.41, 5.74) is 5.64. The van der Waals surface area contributed by atoms with E-state index in [2.05, 4.69) is 15.0 Å². The molecule has 3 unspecified atom stereocenters. The second-order valence-electron chi connectivity index (χ2n) is 7.35. The number of imidazole rings is 1. The molecule has 1 saturated heterocycles. The molecule has 0 radical (unpaired) electrons. The van der Waals surface area contributed by atoms with Gasteiger partial charge in [-0.25, -0.2) is 15.0 Å². The number of nitrogen functional groups attached to an aromatic ring is 1. The van der Waals surface area contributed by atoms with E-state index in [1.807, 2.05) is 0 Å². The van der Waals surface area contributed by atoms with Crippen LogP contribution in [0.15, 0.2) is 12.7 Å². The second kappa shape index (κ2) is 7.61. The van der Waals surface area contributed by atoms with Gasteiger partial charge in [0, 0.05) is 19.2 Å².